The van der Waals surface area contributed by atoms with Gasteiger partial charge in [0, 0.05) is 0 Å². The number of rotatable bonds is 7. The van der Waals surface area contributed by atoms with Crippen molar-refractivity contribution < 1.29 is 22.7 Å². The Hall–Kier alpha value is -3.17. The minimum atomic E-state index is -3.81. The van der Waals surface area contributed by atoms with Gasteiger partial charge in [-0.1, -0.05) is 13.0 Å². The molecule has 30 heavy (non-hydrogen) atoms. The van der Waals surface area contributed by atoms with Crippen molar-refractivity contribution >= 4 is 33.4 Å². The predicted molar refractivity (Wildman–Crippen MR) is 115 cm³/mol. The normalized spacial score (nSPS) is 15.5. The smallest absolute Gasteiger partial charge is 0.280 e. The molecule has 3 rings (SSSR count). The molecule has 1 amide bonds. The van der Waals surface area contributed by atoms with E-state index in [1.54, 1.807) is 32.2 Å². The van der Waals surface area contributed by atoms with Crippen LogP contribution in [0.15, 0.2) is 58.0 Å². The lowest BCUT2D eigenvalue weighted by molar-refractivity contribution is -0.114. The highest BCUT2D eigenvalue weighted by molar-refractivity contribution is 7.89. The molecule has 8 nitrogen and oxygen atoms in total. The Bertz CT molecular complexity index is 1120. The number of carbonyl (C=O) groups excluding carboxylic acids is 1. The Morgan fingerprint density at radius 3 is 2.43 bits per heavy atom. The molecule has 0 spiro atoms. The summed E-state index contributed by atoms with van der Waals surface area (Å²) >= 11 is 0. The third-order valence-electron chi connectivity index (χ3n) is 4.43. The lowest BCUT2D eigenvalue weighted by Gasteiger charge is -2.12. The quantitative estimate of drug-likeness (QED) is 0.680. The fourth-order valence-corrected chi connectivity index (χ4v) is 3.42. The van der Waals surface area contributed by atoms with Crippen molar-refractivity contribution in [3.63, 3.8) is 0 Å². The number of benzene rings is 2. The van der Waals surface area contributed by atoms with Crippen LogP contribution in [0.5, 0.6) is 11.5 Å². The standard InChI is InChI=1S/C21H23N3O5S/c1-4-11-29-19-10-5-15(13-20(19)28-3)12-18-14(2)23-24(21(18)25)16-6-8-17(9-7-16)30(22,26)27/h5-10,12-13H,4,11H2,1-3H3,(H2,22,26,27). The fraction of sp³-hybridized carbons (Fsp3) is 0.238. The summed E-state index contributed by atoms with van der Waals surface area (Å²) in [5.74, 6) is 0.899. The summed E-state index contributed by atoms with van der Waals surface area (Å²) in [6.45, 7) is 4.34. The summed E-state index contributed by atoms with van der Waals surface area (Å²) in [6.07, 6.45) is 2.61. The van der Waals surface area contributed by atoms with E-state index < -0.39 is 10.0 Å². The van der Waals surface area contributed by atoms with E-state index >= 15 is 0 Å². The van der Waals surface area contributed by atoms with E-state index in [2.05, 4.69) is 5.10 Å². The molecule has 0 saturated heterocycles. The highest BCUT2D eigenvalue weighted by Crippen LogP contribution is 2.31. The minimum absolute atomic E-state index is 0.0353. The van der Waals surface area contributed by atoms with Crippen molar-refractivity contribution in [1.29, 1.82) is 0 Å². The van der Waals surface area contributed by atoms with Gasteiger partial charge in [-0.25, -0.2) is 13.6 Å². The van der Waals surface area contributed by atoms with Gasteiger partial charge in [0.2, 0.25) is 10.0 Å². The Kier molecular flexibility index (Phi) is 6.23. The minimum Gasteiger partial charge on any atom is -0.493 e. The number of hydrogen-bond acceptors (Lipinski definition) is 6. The Balaban J connectivity index is 1.87. The van der Waals surface area contributed by atoms with Crippen molar-refractivity contribution in [2.24, 2.45) is 10.2 Å². The van der Waals surface area contributed by atoms with Gasteiger partial charge < -0.3 is 9.47 Å². The lowest BCUT2D eigenvalue weighted by atomic mass is 10.1. The van der Waals surface area contributed by atoms with Crippen LogP contribution in [0.1, 0.15) is 25.8 Å². The number of carbonyl (C=O) groups is 1. The molecule has 0 aromatic heterocycles. The van der Waals surface area contributed by atoms with Crippen LogP contribution in [-0.4, -0.2) is 33.8 Å². The van der Waals surface area contributed by atoms with E-state index in [-0.39, 0.29) is 10.8 Å². The molecule has 2 aromatic carbocycles. The number of methoxy groups -OCH3 is 1. The van der Waals surface area contributed by atoms with Crippen molar-refractivity contribution in [1.82, 2.24) is 0 Å². The van der Waals surface area contributed by atoms with E-state index in [1.807, 2.05) is 13.0 Å². The Morgan fingerprint density at radius 2 is 1.83 bits per heavy atom. The molecule has 1 aliphatic rings. The second kappa shape index (κ2) is 8.68. The molecule has 0 fully saturated rings. The SMILES string of the molecule is CCCOc1ccc(C=C2C(=O)N(c3ccc(S(N)(=O)=O)cc3)N=C2C)cc1OC. The van der Waals surface area contributed by atoms with Crippen LogP contribution in [0.25, 0.3) is 6.08 Å². The Morgan fingerprint density at radius 1 is 1.13 bits per heavy atom. The van der Waals surface area contributed by atoms with E-state index in [0.717, 1.165) is 12.0 Å². The van der Waals surface area contributed by atoms with Crippen LogP contribution < -0.4 is 19.6 Å². The number of nitrogens with two attached hydrogens (primary N) is 1. The van der Waals surface area contributed by atoms with Gasteiger partial charge >= 0.3 is 0 Å². The van der Waals surface area contributed by atoms with E-state index in [9.17, 15) is 13.2 Å². The first-order valence-corrected chi connectivity index (χ1v) is 10.8. The van der Waals surface area contributed by atoms with Crippen LogP contribution in [0, 0.1) is 0 Å². The van der Waals surface area contributed by atoms with Crippen molar-refractivity contribution in [2.75, 3.05) is 18.7 Å². The van der Waals surface area contributed by atoms with Crippen molar-refractivity contribution in [3.05, 3.63) is 53.6 Å². The number of anilines is 1. The van der Waals surface area contributed by atoms with Crippen LogP contribution in [0.3, 0.4) is 0 Å². The number of amides is 1. The predicted octanol–water partition coefficient (Wildman–Crippen LogP) is 2.94. The Labute approximate surface area is 175 Å². The van der Waals surface area contributed by atoms with Gasteiger partial charge in [-0.15, -0.1) is 0 Å². The monoisotopic (exact) mass is 429 g/mol. The molecular weight excluding hydrogens is 406 g/mol. The number of sulfonamides is 1. The molecular formula is C21H23N3O5S. The lowest BCUT2D eigenvalue weighted by Crippen LogP contribution is -2.21. The third kappa shape index (κ3) is 4.52. The molecule has 0 radical (unpaired) electrons. The fourth-order valence-electron chi connectivity index (χ4n) is 2.91. The van der Waals surface area contributed by atoms with Crippen LogP contribution in [-0.2, 0) is 14.8 Å². The number of primary sulfonamides is 1. The van der Waals surface area contributed by atoms with Gasteiger partial charge in [0.15, 0.2) is 11.5 Å². The average Bonchev–Trinajstić information content (AvgIpc) is 3.00. The average molecular weight is 429 g/mol. The maximum atomic E-state index is 12.9. The van der Waals surface area contributed by atoms with Gasteiger partial charge in [-0.05, 0) is 61.4 Å². The summed E-state index contributed by atoms with van der Waals surface area (Å²) in [5, 5.41) is 10.6. The maximum absolute atomic E-state index is 12.9. The second-order valence-electron chi connectivity index (χ2n) is 6.66. The maximum Gasteiger partial charge on any atom is 0.280 e. The highest BCUT2D eigenvalue weighted by Gasteiger charge is 2.29. The van der Waals surface area contributed by atoms with Crippen molar-refractivity contribution in [2.45, 2.75) is 25.2 Å². The molecule has 0 unspecified atom stereocenters. The molecule has 1 heterocycles. The third-order valence-corrected chi connectivity index (χ3v) is 5.36. The molecule has 0 aliphatic carbocycles. The first-order chi connectivity index (χ1) is 14.2. The summed E-state index contributed by atoms with van der Waals surface area (Å²) in [5.41, 5.74) is 2.17. The summed E-state index contributed by atoms with van der Waals surface area (Å²) < 4.78 is 33.9. The first-order valence-electron chi connectivity index (χ1n) is 9.30. The zero-order valence-corrected chi connectivity index (χ0v) is 17.8. The molecule has 1 aliphatic heterocycles. The number of hydrogen-bond donors (Lipinski definition) is 1. The molecule has 2 aromatic rings. The topological polar surface area (TPSA) is 111 Å². The van der Waals surface area contributed by atoms with Crippen LogP contribution in [0.2, 0.25) is 0 Å². The highest BCUT2D eigenvalue weighted by atomic mass is 32.2. The zero-order valence-electron chi connectivity index (χ0n) is 17.0. The molecule has 9 heteroatoms. The summed E-state index contributed by atoms with van der Waals surface area (Å²) in [7, 11) is -2.25. The molecule has 0 saturated carbocycles. The second-order valence-corrected chi connectivity index (χ2v) is 8.22. The molecule has 158 valence electrons. The van der Waals surface area contributed by atoms with E-state index in [4.69, 9.17) is 14.6 Å². The van der Waals surface area contributed by atoms with Crippen LogP contribution in [0.4, 0.5) is 5.69 Å². The largest absolute Gasteiger partial charge is 0.493 e. The molecule has 0 atom stereocenters. The molecule has 0 bridgehead atoms. The molecule has 2 N–H and O–H groups in total. The van der Waals surface area contributed by atoms with Gasteiger partial charge in [0.05, 0.1) is 35.6 Å². The van der Waals surface area contributed by atoms with E-state index in [0.29, 0.717) is 35.1 Å². The zero-order chi connectivity index (χ0) is 21.9. The van der Waals surface area contributed by atoms with Crippen LogP contribution >= 0.6 is 0 Å². The number of hydrazone groups is 1. The van der Waals surface area contributed by atoms with Gasteiger partial charge in [-0.3, -0.25) is 4.79 Å². The number of nitrogens with zero attached hydrogens (tertiary/aromatic N) is 2. The van der Waals surface area contributed by atoms with Gasteiger partial charge in [-0.2, -0.15) is 10.1 Å². The summed E-state index contributed by atoms with van der Waals surface area (Å²) in [6, 6.07) is 11.1. The van der Waals surface area contributed by atoms with Crippen molar-refractivity contribution in [3.8, 4) is 11.5 Å². The number of ether oxygens (including phenoxy) is 2. The van der Waals surface area contributed by atoms with E-state index in [1.165, 1.54) is 29.3 Å². The first kappa shape index (κ1) is 21.5. The summed E-state index contributed by atoms with van der Waals surface area (Å²) in [4.78, 5) is 12.9. The van der Waals surface area contributed by atoms with Gasteiger partial charge in [0.1, 0.15) is 0 Å². The van der Waals surface area contributed by atoms with Gasteiger partial charge in [0.25, 0.3) is 5.91 Å².